The van der Waals surface area contributed by atoms with E-state index in [0.717, 1.165) is 37.2 Å². The Bertz CT molecular complexity index is 2400. The van der Waals surface area contributed by atoms with E-state index in [-0.39, 0.29) is 64.5 Å². The second kappa shape index (κ2) is 17.0. The van der Waals surface area contributed by atoms with Gasteiger partial charge in [0.1, 0.15) is 18.2 Å². The molecule has 0 aliphatic carbocycles. The van der Waals surface area contributed by atoms with Crippen molar-refractivity contribution in [3.05, 3.63) is 94.8 Å². The summed E-state index contributed by atoms with van der Waals surface area (Å²) in [6.45, 7) is 6.89. The highest BCUT2D eigenvalue weighted by molar-refractivity contribution is 7.89. The molecule has 2 aromatic carbocycles. The van der Waals surface area contributed by atoms with Crippen LogP contribution >= 0.6 is 0 Å². The van der Waals surface area contributed by atoms with Gasteiger partial charge in [-0.2, -0.15) is 18.3 Å². The number of aromatic nitrogens is 4. The maximum absolute atomic E-state index is 16.0. The Morgan fingerprint density at radius 1 is 1.07 bits per heavy atom. The quantitative estimate of drug-likeness (QED) is 0.107. The van der Waals surface area contributed by atoms with E-state index < -0.39 is 62.7 Å². The van der Waals surface area contributed by atoms with Crippen molar-refractivity contribution >= 4 is 32.7 Å². The van der Waals surface area contributed by atoms with E-state index in [1.807, 2.05) is 0 Å². The Labute approximate surface area is 332 Å². The SMILES string of the molecule is CCCNS(=O)(=O)c1ncc(F)cc1CN(c1nc(-c2cc(F)c(OCc3ccccc3)cc2CC(F)(F)F)cc2c1c(C(N)=O)nn2C1CCCCO1)C(C)(C)C. The summed E-state index contributed by atoms with van der Waals surface area (Å²) >= 11 is 0. The van der Waals surface area contributed by atoms with Crippen LogP contribution in [0.4, 0.5) is 27.8 Å². The number of primary amides is 1. The minimum atomic E-state index is -4.75. The molecule has 1 saturated heterocycles. The van der Waals surface area contributed by atoms with Gasteiger partial charge in [0.25, 0.3) is 15.9 Å². The lowest BCUT2D eigenvalue weighted by molar-refractivity contribution is -0.127. The number of nitrogens with one attached hydrogen (secondary N) is 1. The first-order chi connectivity index (χ1) is 27.4. The molecular weight excluding hydrogens is 786 g/mol. The standard InChI is InChI=1S/C40H44F5N7O5S/c1-5-14-48-58(54,55)38-26(16-27(41)21-47-38)22-51(39(2,3)4)37-34-31(52(50-35(34)36(46)53)33-13-9-10-15-56-33)19-30(49-37)28-18-29(42)32(17-25(28)20-40(43,44)45)57-23-24-11-7-6-8-12-24/h6-8,11-12,16-19,21,33,48H,5,9-10,13-15,20,22-23H2,1-4H3,(H2,46,53). The Morgan fingerprint density at radius 2 is 1.81 bits per heavy atom. The number of halogens is 5. The summed E-state index contributed by atoms with van der Waals surface area (Å²) < 4.78 is 116. The highest BCUT2D eigenvalue weighted by atomic mass is 32.2. The Balaban J connectivity index is 1.62. The second-order valence-corrected chi connectivity index (χ2v) is 16.7. The number of nitrogens with zero attached hydrogens (tertiary/aromatic N) is 5. The van der Waals surface area contributed by atoms with Crippen LogP contribution in [-0.4, -0.2) is 58.9 Å². The molecule has 18 heteroatoms. The van der Waals surface area contributed by atoms with E-state index in [4.69, 9.17) is 20.2 Å². The van der Waals surface area contributed by atoms with Gasteiger partial charge in [-0.1, -0.05) is 37.3 Å². The number of sulfonamides is 1. The molecule has 0 saturated carbocycles. The molecule has 1 unspecified atom stereocenters. The van der Waals surface area contributed by atoms with Gasteiger partial charge in [0, 0.05) is 36.4 Å². The average molecular weight is 830 g/mol. The zero-order valence-corrected chi connectivity index (χ0v) is 33.2. The van der Waals surface area contributed by atoms with Crippen molar-refractivity contribution < 1.29 is 44.6 Å². The van der Waals surface area contributed by atoms with Crippen LogP contribution < -0.4 is 20.1 Å². The fraction of sp³-hybridized carbons (Fsp3) is 0.400. The molecule has 1 amide bonds. The Hall–Kier alpha value is -5.20. The van der Waals surface area contributed by atoms with Gasteiger partial charge in [-0.3, -0.25) is 4.79 Å². The zero-order valence-electron chi connectivity index (χ0n) is 32.4. The van der Waals surface area contributed by atoms with E-state index in [1.54, 1.807) is 62.9 Å². The maximum atomic E-state index is 16.0. The first kappa shape index (κ1) is 42.4. The van der Waals surface area contributed by atoms with Gasteiger partial charge in [0.2, 0.25) is 0 Å². The van der Waals surface area contributed by atoms with Crippen molar-refractivity contribution in [1.82, 2.24) is 24.5 Å². The lowest BCUT2D eigenvalue weighted by Gasteiger charge is -2.38. The number of carbonyl (C=O) groups is 1. The fourth-order valence-corrected chi connectivity index (χ4v) is 8.02. The topological polar surface area (TPSA) is 155 Å². The van der Waals surface area contributed by atoms with Crippen LogP contribution in [-0.2, 0) is 34.3 Å². The largest absolute Gasteiger partial charge is 0.486 e. The van der Waals surface area contributed by atoms with Crippen molar-refractivity contribution in [2.75, 3.05) is 18.1 Å². The number of rotatable bonds is 14. The summed E-state index contributed by atoms with van der Waals surface area (Å²) in [5, 5.41) is 4.15. The molecule has 1 aliphatic rings. The molecule has 5 aromatic rings. The predicted molar refractivity (Wildman–Crippen MR) is 206 cm³/mol. The molecule has 1 atom stereocenters. The summed E-state index contributed by atoms with van der Waals surface area (Å²) in [4.78, 5) is 23.5. The molecule has 3 N–H and O–H groups in total. The van der Waals surface area contributed by atoms with Gasteiger partial charge in [0.05, 0.1) is 29.2 Å². The third-order valence-corrected chi connectivity index (χ3v) is 10.9. The van der Waals surface area contributed by atoms with Crippen LogP contribution in [0.15, 0.2) is 65.8 Å². The van der Waals surface area contributed by atoms with Crippen LogP contribution in [0.1, 0.15) is 86.8 Å². The van der Waals surface area contributed by atoms with Gasteiger partial charge >= 0.3 is 6.18 Å². The van der Waals surface area contributed by atoms with E-state index >= 15 is 4.39 Å². The number of carbonyl (C=O) groups excluding carboxylic acids is 1. The number of pyridine rings is 2. The molecule has 12 nitrogen and oxygen atoms in total. The van der Waals surface area contributed by atoms with E-state index in [1.165, 1.54) is 10.7 Å². The van der Waals surface area contributed by atoms with Gasteiger partial charge in [-0.05, 0) is 81.8 Å². The summed E-state index contributed by atoms with van der Waals surface area (Å²) in [6, 6.07) is 13.0. The molecule has 0 radical (unpaired) electrons. The second-order valence-electron chi connectivity index (χ2n) is 15.0. The van der Waals surface area contributed by atoms with Gasteiger partial charge in [-0.15, -0.1) is 0 Å². The fourth-order valence-electron chi connectivity index (χ4n) is 6.75. The molecule has 4 heterocycles. The number of hydrogen-bond donors (Lipinski definition) is 2. The van der Waals surface area contributed by atoms with Crippen molar-refractivity contribution in [3.8, 4) is 17.0 Å². The van der Waals surface area contributed by atoms with Crippen molar-refractivity contribution in [2.24, 2.45) is 5.73 Å². The molecule has 310 valence electrons. The van der Waals surface area contributed by atoms with Crippen molar-refractivity contribution in [3.63, 3.8) is 0 Å². The Kier molecular flexibility index (Phi) is 12.4. The molecule has 0 spiro atoms. The van der Waals surface area contributed by atoms with Crippen LogP contribution in [0, 0.1) is 11.6 Å². The van der Waals surface area contributed by atoms with Crippen LogP contribution in [0.25, 0.3) is 22.2 Å². The number of ether oxygens (including phenoxy) is 2. The monoisotopic (exact) mass is 829 g/mol. The molecule has 1 fully saturated rings. The number of nitrogens with two attached hydrogens (primary N) is 1. The van der Waals surface area contributed by atoms with Crippen LogP contribution in [0.3, 0.4) is 0 Å². The molecule has 58 heavy (non-hydrogen) atoms. The van der Waals surface area contributed by atoms with Crippen molar-refractivity contribution in [1.29, 1.82) is 0 Å². The number of anilines is 1. The van der Waals surface area contributed by atoms with E-state index in [2.05, 4.69) is 14.8 Å². The number of hydrogen-bond acceptors (Lipinski definition) is 9. The van der Waals surface area contributed by atoms with Crippen molar-refractivity contribution in [2.45, 2.75) is 95.9 Å². The van der Waals surface area contributed by atoms with E-state index in [0.29, 0.717) is 25.0 Å². The minimum absolute atomic E-state index is 0.0684. The molecular formula is C40H44F5N7O5S. The minimum Gasteiger partial charge on any atom is -0.486 e. The van der Waals surface area contributed by atoms with Gasteiger partial charge in [-0.25, -0.2) is 36.6 Å². The zero-order chi connectivity index (χ0) is 42.0. The van der Waals surface area contributed by atoms with Gasteiger partial charge in [0.15, 0.2) is 28.5 Å². The summed E-state index contributed by atoms with van der Waals surface area (Å²) in [7, 11) is -4.27. The smallest absolute Gasteiger partial charge is 0.393 e. The van der Waals surface area contributed by atoms with E-state index in [9.17, 15) is 30.8 Å². The van der Waals surface area contributed by atoms with Crippen LogP contribution in [0.5, 0.6) is 5.75 Å². The van der Waals surface area contributed by atoms with Crippen LogP contribution in [0.2, 0.25) is 0 Å². The number of alkyl halides is 3. The number of amides is 1. The third kappa shape index (κ3) is 9.56. The summed E-state index contributed by atoms with van der Waals surface area (Å²) in [6.07, 6.45) is -3.77. The number of benzene rings is 2. The normalized spacial score (nSPS) is 15.2. The molecule has 3 aromatic heterocycles. The highest BCUT2D eigenvalue weighted by Crippen LogP contribution is 2.41. The van der Waals surface area contributed by atoms with Gasteiger partial charge < -0.3 is 20.1 Å². The summed E-state index contributed by atoms with van der Waals surface area (Å²) in [5.41, 5.74) is 4.62. The molecule has 1 aliphatic heterocycles. The maximum Gasteiger partial charge on any atom is 0.393 e. The summed E-state index contributed by atoms with van der Waals surface area (Å²) in [5.74, 6) is -3.26. The highest BCUT2D eigenvalue weighted by Gasteiger charge is 2.35. The molecule has 6 rings (SSSR count). The number of fused-ring (bicyclic) bond motifs is 1. The lowest BCUT2D eigenvalue weighted by atomic mass is 9.98. The third-order valence-electron chi connectivity index (χ3n) is 9.48. The first-order valence-corrected chi connectivity index (χ1v) is 20.2. The predicted octanol–water partition coefficient (Wildman–Crippen LogP) is 7.75. The lowest BCUT2D eigenvalue weighted by Crippen LogP contribution is -2.42. The average Bonchev–Trinajstić information content (AvgIpc) is 3.56. The Morgan fingerprint density at radius 3 is 2.45 bits per heavy atom. The molecule has 0 bridgehead atoms. The first-order valence-electron chi connectivity index (χ1n) is 18.7.